The van der Waals surface area contributed by atoms with E-state index in [1.165, 1.54) is 21.1 Å². The molecule has 146 valence electrons. The summed E-state index contributed by atoms with van der Waals surface area (Å²) in [4.78, 5) is 11.9. The minimum atomic E-state index is -0.160. The van der Waals surface area contributed by atoms with Crippen molar-refractivity contribution in [2.45, 2.75) is 26.5 Å². The lowest BCUT2D eigenvalue weighted by molar-refractivity contribution is 0.101. The molecule has 0 unspecified atom stereocenters. The molecule has 27 heavy (non-hydrogen) atoms. The normalized spacial score (nSPS) is 11.9. The summed E-state index contributed by atoms with van der Waals surface area (Å²) in [6, 6.07) is 11.7. The molecule has 0 saturated heterocycles. The van der Waals surface area contributed by atoms with Crippen molar-refractivity contribution in [2.75, 3.05) is 27.4 Å². The van der Waals surface area contributed by atoms with Gasteiger partial charge in [-0.1, -0.05) is 41.9 Å². The molecule has 0 radical (unpaired) electrons. The first kappa shape index (κ1) is 21.2. The predicted octanol–water partition coefficient (Wildman–Crippen LogP) is 4.43. The highest BCUT2D eigenvalue weighted by molar-refractivity contribution is 6.33. The zero-order chi connectivity index (χ0) is 19.8. The molecule has 1 atom stereocenters. The Morgan fingerprint density at radius 1 is 1.19 bits per heavy atom. The van der Waals surface area contributed by atoms with Crippen molar-refractivity contribution in [3.05, 3.63) is 58.1 Å². The van der Waals surface area contributed by atoms with Crippen molar-refractivity contribution in [2.24, 2.45) is 0 Å². The number of rotatable bonds is 10. The van der Waals surface area contributed by atoms with E-state index in [4.69, 9.17) is 25.8 Å². The van der Waals surface area contributed by atoms with E-state index in [-0.39, 0.29) is 11.8 Å². The van der Waals surface area contributed by atoms with E-state index in [1.54, 1.807) is 6.07 Å². The SMILES string of the molecule is COc1cc([C@@H](C)NCCOCc2ccccc2)c(Cl)c(OC)c1C(C)=O. The number of Topliss-reactive ketones (excluding diaryl/α,β-unsaturated/α-hetero) is 1. The lowest BCUT2D eigenvalue weighted by atomic mass is 10.0. The van der Waals surface area contributed by atoms with Crippen LogP contribution in [-0.2, 0) is 11.3 Å². The fraction of sp³-hybridized carbons (Fsp3) is 0.381. The number of methoxy groups -OCH3 is 2. The van der Waals surface area contributed by atoms with Crippen LogP contribution in [0, 0.1) is 0 Å². The summed E-state index contributed by atoms with van der Waals surface area (Å²) in [5, 5.41) is 3.78. The van der Waals surface area contributed by atoms with Gasteiger partial charge < -0.3 is 19.5 Å². The van der Waals surface area contributed by atoms with Crippen molar-refractivity contribution in [3.8, 4) is 11.5 Å². The first-order valence-corrected chi connectivity index (χ1v) is 9.17. The van der Waals surface area contributed by atoms with Crippen LogP contribution < -0.4 is 14.8 Å². The summed E-state index contributed by atoms with van der Waals surface area (Å²) in [7, 11) is 3.01. The molecule has 1 N–H and O–H groups in total. The minimum absolute atomic E-state index is 0.0679. The van der Waals surface area contributed by atoms with E-state index < -0.39 is 0 Å². The average molecular weight is 392 g/mol. The maximum absolute atomic E-state index is 11.9. The number of halogens is 1. The van der Waals surface area contributed by atoms with Crippen LogP contribution in [0.1, 0.15) is 41.4 Å². The molecule has 2 aromatic rings. The fourth-order valence-electron chi connectivity index (χ4n) is 2.85. The van der Waals surface area contributed by atoms with Crippen molar-refractivity contribution < 1.29 is 19.0 Å². The van der Waals surface area contributed by atoms with E-state index >= 15 is 0 Å². The predicted molar refractivity (Wildman–Crippen MR) is 107 cm³/mol. The second kappa shape index (κ2) is 10.3. The number of ether oxygens (including phenoxy) is 3. The third-order valence-corrected chi connectivity index (χ3v) is 4.65. The summed E-state index contributed by atoms with van der Waals surface area (Å²) < 4.78 is 16.4. The van der Waals surface area contributed by atoms with E-state index in [0.29, 0.717) is 41.8 Å². The van der Waals surface area contributed by atoms with Gasteiger partial charge in [0, 0.05) is 12.6 Å². The van der Waals surface area contributed by atoms with Gasteiger partial charge >= 0.3 is 0 Å². The molecule has 0 spiro atoms. The van der Waals surface area contributed by atoms with Crippen LogP contribution in [0.25, 0.3) is 0 Å². The summed E-state index contributed by atoms with van der Waals surface area (Å²) in [5.74, 6) is 0.632. The standard InChI is InChI=1S/C21H26ClNO4/c1-14(23-10-11-27-13-16-8-6-5-7-9-16)17-12-18(25-3)19(15(2)24)21(26-4)20(17)22/h5-9,12,14,23H,10-11,13H2,1-4H3/t14-/m1/s1. The van der Waals surface area contributed by atoms with Crippen LogP contribution in [0.4, 0.5) is 0 Å². The summed E-state index contributed by atoms with van der Waals surface area (Å²) in [5.41, 5.74) is 2.30. The van der Waals surface area contributed by atoms with Crippen molar-refractivity contribution >= 4 is 17.4 Å². The molecule has 0 aliphatic carbocycles. The van der Waals surface area contributed by atoms with Gasteiger partial charge in [0.2, 0.25) is 0 Å². The molecule has 0 heterocycles. The molecule has 0 bridgehead atoms. The Kier molecular flexibility index (Phi) is 8.10. The molecule has 0 saturated carbocycles. The second-order valence-electron chi connectivity index (χ2n) is 6.16. The Hall–Kier alpha value is -2.08. The van der Waals surface area contributed by atoms with Crippen molar-refractivity contribution in [1.29, 1.82) is 0 Å². The minimum Gasteiger partial charge on any atom is -0.496 e. The number of hydrogen-bond donors (Lipinski definition) is 1. The smallest absolute Gasteiger partial charge is 0.167 e. The fourth-order valence-corrected chi connectivity index (χ4v) is 3.24. The molecule has 0 amide bonds. The Morgan fingerprint density at radius 3 is 2.48 bits per heavy atom. The molecule has 0 aliphatic rings. The number of carbonyl (C=O) groups excluding carboxylic acids is 1. The molecule has 0 fully saturated rings. The van der Waals surface area contributed by atoms with E-state index in [0.717, 1.165) is 11.1 Å². The lowest BCUT2D eigenvalue weighted by Crippen LogP contribution is -2.24. The number of nitrogens with one attached hydrogen (secondary N) is 1. The maximum Gasteiger partial charge on any atom is 0.167 e. The quantitative estimate of drug-likeness (QED) is 0.479. The molecule has 0 aliphatic heterocycles. The highest BCUT2D eigenvalue weighted by Gasteiger charge is 2.23. The van der Waals surface area contributed by atoms with Gasteiger partial charge in [0.05, 0.1) is 32.5 Å². The van der Waals surface area contributed by atoms with Crippen molar-refractivity contribution in [3.63, 3.8) is 0 Å². The largest absolute Gasteiger partial charge is 0.496 e. The molecule has 2 aromatic carbocycles. The van der Waals surface area contributed by atoms with E-state index in [2.05, 4.69) is 5.32 Å². The van der Waals surface area contributed by atoms with Gasteiger partial charge in [-0.15, -0.1) is 0 Å². The molecular weight excluding hydrogens is 366 g/mol. The summed E-state index contributed by atoms with van der Waals surface area (Å²) in [6.45, 7) is 5.25. The van der Waals surface area contributed by atoms with Crippen LogP contribution in [-0.4, -0.2) is 33.2 Å². The molecule has 0 aromatic heterocycles. The van der Waals surface area contributed by atoms with Crippen LogP contribution in [0.2, 0.25) is 5.02 Å². The van der Waals surface area contributed by atoms with Gasteiger partial charge in [-0.05, 0) is 31.0 Å². The number of hydrogen-bond acceptors (Lipinski definition) is 5. The third kappa shape index (κ3) is 5.45. The number of carbonyl (C=O) groups is 1. The first-order valence-electron chi connectivity index (χ1n) is 8.80. The third-order valence-electron chi connectivity index (χ3n) is 4.26. The highest BCUT2D eigenvalue weighted by atomic mass is 35.5. The van der Waals surface area contributed by atoms with Crippen LogP contribution in [0.15, 0.2) is 36.4 Å². The zero-order valence-electron chi connectivity index (χ0n) is 16.2. The van der Waals surface area contributed by atoms with Gasteiger partial charge in [0.1, 0.15) is 11.3 Å². The van der Waals surface area contributed by atoms with Gasteiger partial charge in [0.15, 0.2) is 11.5 Å². The summed E-state index contributed by atoms with van der Waals surface area (Å²) >= 11 is 6.50. The van der Waals surface area contributed by atoms with E-state index in [9.17, 15) is 4.79 Å². The Morgan fingerprint density at radius 2 is 1.89 bits per heavy atom. The Bertz CT molecular complexity index is 765. The Balaban J connectivity index is 2.01. The summed E-state index contributed by atoms with van der Waals surface area (Å²) in [6.07, 6.45) is 0. The average Bonchev–Trinajstić information content (AvgIpc) is 2.67. The second-order valence-corrected chi connectivity index (χ2v) is 6.54. The Labute approximate surface area is 165 Å². The number of ketones is 1. The molecule has 2 rings (SSSR count). The van der Waals surface area contributed by atoms with Gasteiger partial charge in [-0.2, -0.15) is 0 Å². The van der Waals surface area contributed by atoms with Crippen molar-refractivity contribution in [1.82, 2.24) is 5.32 Å². The van der Waals surface area contributed by atoms with Gasteiger partial charge in [-0.25, -0.2) is 0 Å². The molecular formula is C21H26ClNO4. The van der Waals surface area contributed by atoms with Crippen LogP contribution in [0.5, 0.6) is 11.5 Å². The topological polar surface area (TPSA) is 56.8 Å². The zero-order valence-corrected chi connectivity index (χ0v) is 16.9. The molecule has 5 nitrogen and oxygen atoms in total. The highest BCUT2D eigenvalue weighted by Crippen LogP contribution is 2.41. The van der Waals surface area contributed by atoms with Crippen LogP contribution in [0.3, 0.4) is 0 Å². The van der Waals surface area contributed by atoms with Crippen LogP contribution >= 0.6 is 11.6 Å². The maximum atomic E-state index is 11.9. The van der Waals surface area contributed by atoms with Gasteiger partial charge in [-0.3, -0.25) is 4.79 Å². The van der Waals surface area contributed by atoms with E-state index in [1.807, 2.05) is 37.3 Å². The monoisotopic (exact) mass is 391 g/mol. The number of benzene rings is 2. The molecule has 6 heteroatoms. The lowest BCUT2D eigenvalue weighted by Gasteiger charge is -2.21. The first-order chi connectivity index (χ1) is 13.0. The van der Waals surface area contributed by atoms with Gasteiger partial charge in [0.25, 0.3) is 0 Å².